The third kappa shape index (κ3) is 3.77. The van der Waals surface area contributed by atoms with Gasteiger partial charge in [0.25, 0.3) is 5.56 Å². The van der Waals surface area contributed by atoms with Crippen LogP contribution in [0.2, 0.25) is 0 Å². The summed E-state index contributed by atoms with van der Waals surface area (Å²) in [6.45, 7) is -0.697. The average molecular weight is 354 g/mol. The van der Waals surface area contributed by atoms with E-state index in [1.807, 2.05) is 6.07 Å². The average Bonchev–Trinajstić information content (AvgIpc) is 2.68. The largest absolute Gasteiger partial charge is 0.394 e. The number of hydrogen-bond acceptors (Lipinski definition) is 7. The van der Waals surface area contributed by atoms with Crippen molar-refractivity contribution in [2.75, 3.05) is 12.0 Å². The summed E-state index contributed by atoms with van der Waals surface area (Å²) in [5.41, 5.74) is 3.48. The van der Waals surface area contributed by atoms with Crippen LogP contribution in [0.1, 0.15) is 5.69 Å². The standard InChI is InChI=1S/C18H18N4O4/c23-10-14(24)17(25)15(22-21-11-6-2-1-3-7-11)16-18(26)20-13-9-5-4-8-12(13)19-16/h1-9,14,17,21,23-25H,10H2,(H,20,26)/t14-,17+/m0/s1. The fraction of sp³-hybridized carbons (Fsp3) is 0.167. The number of aliphatic hydroxyl groups excluding tert-OH is 3. The first-order valence-corrected chi connectivity index (χ1v) is 7.95. The maximum Gasteiger partial charge on any atom is 0.276 e. The Bertz CT molecular complexity index is 972. The number of aromatic nitrogens is 2. The molecule has 0 radical (unpaired) electrons. The zero-order valence-electron chi connectivity index (χ0n) is 13.7. The summed E-state index contributed by atoms with van der Waals surface area (Å²) in [5.74, 6) is 0. The third-order valence-electron chi connectivity index (χ3n) is 3.75. The van der Waals surface area contributed by atoms with E-state index in [2.05, 4.69) is 20.5 Å². The summed E-state index contributed by atoms with van der Waals surface area (Å²) >= 11 is 0. The van der Waals surface area contributed by atoms with Gasteiger partial charge in [0.1, 0.15) is 17.9 Å². The summed E-state index contributed by atoms with van der Waals surface area (Å²) in [4.78, 5) is 19.3. The normalized spacial score (nSPS) is 14.2. The Labute approximate surface area is 148 Å². The molecule has 5 N–H and O–H groups in total. The van der Waals surface area contributed by atoms with Gasteiger partial charge in [0.05, 0.1) is 23.3 Å². The highest BCUT2D eigenvalue weighted by molar-refractivity contribution is 6.03. The molecule has 134 valence electrons. The lowest BCUT2D eigenvalue weighted by atomic mass is 10.1. The highest BCUT2D eigenvalue weighted by Gasteiger charge is 2.26. The molecule has 1 aromatic heterocycles. The summed E-state index contributed by atoms with van der Waals surface area (Å²) in [6.07, 6.45) is -3.12. The molecule has 0 saturated carbocycles. The summed E-state index contributed by atoms with van der Waals surface area (Å²) in [7, 11) is 0. The van der Waals surface area contributed by atoms with E-state index < -0.39 is 24.4 Å². The number of fused-ring (bicyclic) bond motifs is 1. The van der Waals surface area contributed by atoms with Crippen molar-refractivity contribution in [1.29, 1.82) is 0 Å². The van der Waals surface area contributed by atoms with E-state index in [1.165, 1.54) is 0 Å². The van der Waals surface area contributed by atoms with Crippen LogP contribution in [0.25, 0.3) is 11.0 Å². The molecule has 3 aromatic rings. The predicted molar refractivity (Wildman–Crippen MR) is 98.1 cm³/mol. The smallest absolute Gasteiger partial charge is 0.276 e. The van der Waals surface area contributed by atoms with Crippen molar-refractivity contribution in [1.82, 2.24) is 9.97 Å². The second-order valence-electron chi connectivity index (χ2n) is 5.60. The number of hydrazone groups is 1. The molecule has 0 aliphatic heterocycles. The molecule has 3 rings (SSSR count). The lowest BCUT2D eigenvalue weighted by molar-refractivity contribution is 0.0185. The van der Waals surface area contributed by atoms with Crippen molar-refractivity contribution in [3.8, 4) is 0 Å². The molecule has 1 heterocycles. The van der Waals surface area contributed by atoms with Crippen molar-refractivity contribution < 1.29 is 15.3 Å². The molecule has 8 nitrogen and oxygen atoms in total. The van der Waals surface area contributed by atoms with E-state index in [0.717, 1.165) is 0 Å². The maximum absolute atomic E-state index is 12.4. The van der Waals surface area contributed by atoms with Crippen LogP contribution < -0.4 is 11.0 Å². The fourth-order valence-electron chi connectivity index (χ4n) is 2.38. The van der Waals surface area contributed by atoms with E-state index in [4.69, 9.17) is 5.11 Å². The topological polar surface area (TPSA) is 131 Å². The van der Waals surface area contributed by atoms with E-state index in [9.17, 15) is 15.0 Å². The minimum atomic E-state index is -1.61. The van der Waals surface area contributed by atoms with Gasteiger partial charge in [0.2, 0.25) is 0 Å². The van der Waals surface area contributed by atoms with Gasteiger partial charge in [0.15, 0.2) is 5.69 Å². The van der Waals surface area contributed by atoms with E-state index in [-0.39, 0.29) is 11.4 Å². The second-order valence-corrected chi connectivity index (χ2v) is 5.60. The summed E-state index contributed by atoms with van der Waals surface area (Å²) < 4.78 is 0. The summed E-state index contributed by atoms with van der Waals surface area (Å²) in [6, 6.07) is 15.8. The molecule has 0 aliphatic carbocycles. The quantitative estimate of drug-likeness (QED) is 0.323. The Kier molecular flexibility index (Phi) is 5.37. The van der Waals surface area contributed by atoms with Crippen LogP contribution in [0, 0.1) is 0 Å². The first kappa shape index (κ1) is 17.7. The first-order valence-electron chi connectivity index (χ1n) is 7.95. The Morgan fingerprint density at radius 1 is 1.12 bits per heavy atom. The molecule has 0 unspecified atom stereocenters. The number of nitrogens with one attached hydrogen (secondary N) is 2. The van der Waals surface area contributed by atoms with E-state index >= 15 is 0 Å². The number of aliphatic hydroxyl groups is 3. The van der Waals surface area contributed by atoms with Gasteiger partial charge >= 0.3 is 0 Å². The first-order chi connectivity index (χ1) is 12.6. The van der Waals surface area contributed by atoms with Gasteiger partial charge in [0, 0.05) is 0 Å². The van der Waals surface area contributed by atoms with Crippen LogP contribution in [0.5, 0.6) is 0 Å². The lowest BCUT2D eigenvalue weighted by Crippen LogP contribution is -2.40. The van der Waals surface area contributed by atoms with Crippen molar-refractivity contribution in [3.05, 3.63) is 70.6 Å². The van der Waals surface area contributed by atoms with Gasteiger partial charge < -0.3 is 20.3 Å². The molecule has 26 heavy (non-hydrogen) atoms. The Hall–Kier alpha value is -3.07. The number of hydrogen-bond donors (Lipinski definition) is 5. The minimum absolute atomic E-state index is 0.146. The van der Waals surface area contributed by atoms with Crippen molar-refractivity contribution in [3.63, 3.8) is 0 Å². The van der Waals surface area contributed by atoms with Crippen molar-refractivity contribution in [2.24, 2.45) is 5.10 Å². The van der Waals surface area contributed by atoms with Crippen LogP contribution in [0.4, 0.5) is 5.69 Å². The molecule has 0 spiro atoms. The number of benzene rings is 2. The van der Waals surface area contributed by atoms with Crippen LogP contribution >= 0.6 is 0 Å². The molecule has 2 aromatic carbocycles. The molecule has 0 saturated heterocycles. The molecule has 0 amide bonds. The zero-order valence-corrected chi connectivity index (χ0v) is 13.7. The van der Waals surface area contributed by atoms with Crippen LogP contribution in [-0.2, 0) is 0 Å². The van der Waals surface area contributed by atoms with Gasteiger partial charge in [-0.3, -0.25) is 10.2 Å². The maximum atomic E-state index is 12.4. The molecule has 0 aliphatic rings. The molecule has 8 heteroatoms. The Balaban J connectivity index is 2.08. The Morgan fingerprint density at radius 3 is 2.54 bits per heavy atom. The fourth-order valence-corrected chi connectivity index (χ4v) is 2.38. The van der Waals surface area contributed by atoms with E-state index in [0.29, 0.717) is 16.7 Å². The molecule has 0 bridgehead atoms. The van der Waals surface area contributed by atoms with Crippen molar-refractivity contribution >= 4 is 22.4 Å². The van der Waals surface area contributed by atoms with Gasteiger partial charge in [-0.05, 0) is 24.3 Å². The molecule has 0 fully saturated rings. The number of H-pyrrole nitrogens is 1. The van der Waals surface area contributed by atoms with Gasteiger partial charge in [-0.25, -0.2) is 4.98 Å². The highest BCUT2D eigenvalue weighted by Crippen LogP contribution is 2.11. The second kappa shape index (κ2) is 7.87. The zero-order chi connectivity index (χ0) is 18.5. The molecular formula is C18H18N4O4. The summed E-state index contributed by atoms with van der Waals surface area (Å²) in [5, 5.41) is 33.3. The van der Waals surface area contributed by atoms with E-state index in [1.54, 1.807) is 48.5 Å². The monoisotopic (exact) mass is 354 g/mol. The van der Waals surface area contributed by atoms with Gasteiger partial charge in [-0.1, -0.05) is 30.3 Å². The third-order valence-corrected chi connectivity index (χ3v) is 3.75. The number of rotatable bonds is 6. The number of aromatic amines is 1. The number of anilines is 1. The van der Waals surface area contributed by atoms with Gasteiger partial charge in [-0.15, -0.1) is 0 Å². The van der Waals surface area contributed by atoms with Crippen LogP contribution in [-0.4, -0.2) is 49.8 Å². The molecular weight excluding hydrogens is 336 g/mol. The SMILES string of the molecule is O=c1[nH]c2ccccc2nc1C(=NNc1ccccc1)[C@H](O)[C@@H](O)CO. The van der Waals surface area contributed by atoms with Crippen LogP contribution in [0.3, 0.4) is 0 Å². The van der Waals surface area contributed by atoms with Crippen LogP contribution in [0.15, 0.2) is 64.5 Å². The molecule has 2 atom stereocenters. The lowest BCUT2D eigenvalue weighted by Gasteiger charge is -2.17. The highest BCUT2D eigenvalue weighted by atomic mass is 16.4. The Morgan fingerprint density at radius 2 is 1.81 bits per heavy atom. The number of para-hydroxylation sites is 3. The minimum Gasteiger partial charge on any atom is -0.394 e. The number of nitrogens with zero attached hydrogens (tertiary/aromatic N) is 2. The predicted octanol–water partition coefficient (Wildman–Crippen LogP) is 0.453. The van der Waals surface area contributed by atoms with Gasteiger partial charge in [-0.2, -0.15) is 5.10 Å². The van der Waals surface area contributed by atoms with Crippen molar-refractivity contribution in [2.45, 2.75) is 12.2 Å².